The van der Waals surface area contributed by atoms with Crippen LogP contribution in [0.4, 0.5) is 5.69 Å². The van der Waals surface area contributed by atoms with Gasteiger partial charge in [-0.05, 0) is 69.0 Å². The molecule has 2 amide bonds. The summed E-state index contributed by atoms with van der Waals surface area (Å²) >= 11 is 0. The van der Waals surface area contributed by atoms with E-state index in [9.17, 15) is 18.0 Å². The number of sulfonamides is 1. The highest BCUT2D eigenvalue weighted by Gasteiger charge is 2.32. The van der Waals surface area contributed by atoms with Crippen molar-refractivity contribution in [3.05, 3.63) is 59.2 Å². The SMILES string of the molecule is CCC(C(=O)NC(C)C)N(Cc1ccc(OC)cc1)C(=O)CN(c1cc(C)ccc1C)S(C)(=O)=O. The van der Waals surface area contributed by atoms with Gasteiger partial charge < -0.3 is 15.0 Å². The van der Waals surface area contributed by atoms with Gasteiger partial charge >= 0.3 is 0 Å². The maximum absolute atomic E-state index is 13.7. The average Bonchev–Trinajstić information content (AvgIpc) is 2.78. The molecule has 0 aliphatic heterocycles. The summed E-state index contributed by atoms with van der Waals surface area (Å²) < 4.78 is 31.9. The highest BCUT2D eigenvalue weighted by molar-refractivity contribution is 7.92. The number of aryl methyl sites for hydroxylation is 2. The van der Waals surface area contributed by atoms with E-state index in [1.165, 1.54) is 4.90 Å². The van der Waals surface area contributed by atoms with Gasteiger partial charge in [0.1, 0.15) is 18.3 Å². The molecule has 0 radical (unpaired) electrons. The molecule has 0 aliphatic carbocycles. The molecular formula is C26H37N3O5S. The van der Waals surface area contributed by atoms with Crippen LogP contribution in [0.25, 0.3) is 0 Å². The van der Waals surface area contributed by atoms with E-state index in [1.807, 2.05) is 52.0 Å². The van der Waals surface area contributed by atoms with Crippen LogP contribution in [0, 0.1) is 13.8 Å². The Kier molecular flexibility index (Phi) is 9.71. The fraction of sp³-hybridized carbons (Fsp3) is 0.462. The molecule has 1 unspecified atom stereocenters. The number of anilines is 1. The molecule has 9 heteroatoms. The summed E-state index contributed by atoms with van der Waals surface area (Å²) in [4.78, 5) is 28.2. The van der Waals surface area contributed by atoms with Crippen molar-refractivity contribution in [1.82, 2.24) is 10.2 Å². The van der Waals surface area contributed by atoms with Crippen LogP contribution < -0.4 is 14.4 Å². The number of ether oxygens (including phenoxy) is 1. The Morgan fingerprint density at radius 2 is 1.69 bits per heavy atom. The van der Waals surface area contributed by atoms with Crippen LogP contribution in [0.3, 0.4) is 0 Å². The number of benzene rings is 2. The zero-order valence-electron chi connectivity index (χ0n) is 21.7. The van der Waals surface area contributed by atoms with Gasteiger partial charge in [0.15, 0.2) is 0 Å². The molecule has 192 valence electrons. The predicted molar refractivity (Wildman–Crippen MR) is 139 cm³/mol. The van der Waals surface area contributed by atoms with Crippen molar-refractivity contribution in [3.8, 4) is 5.75 Å². The maximum atomic E-state index is 13.7. The summed E-state index contributed by atoms with van der Waals surface area (Å²) in [5.41, 5.74) is 2.86. The fourth-order valence-electron chi connectivity index (χ4n) is 3.81. The number of nitrogens with one attached hydrogen (secondary N) is 1. The van der Waals surface area contributed by atoms with Gasteiger partial charge in [-0.15, -0.1) is 0 Å². The van der Waals surface area contributed by atoms with Crippen LogP contribution in [0.1, 0.15) is 43.9 Å². The van der Waals surface area contributed by atoms with E-state index in [1.54, 1.807) is 32.2 Å². The molecule has 0 saturated heterocycles. The van der Waals surface area contributed by atoms with E-state index in [-0.39, 0.29) is 18.5 Å². The highest BCUT2D eigenvalue weighted by Crippen LogP contribution is 2.25. The average molecular weight is 504 g/mol. The van der Waals surface area contributed by atoms with E-state index >= 15 is 0 Å². The zero-order valence-corrected chi connectivity index (χ0v) is 22.5. The quantitative estimate of drug-likeness (QED) is 0.507. The molecule has 2 rings (SSSR count). The van der Waals surface area contributed by atoms with Crippen LogP contribution in [-0.2, 0) is 26.2 Å². The second-order valence-electron chi connectivity index (χ2n) is 9.02. The van der Waals surface area contributed by atoms with Gasteiger partial charge in [-0.1, -0.05) is 31.2 Å². The summed E-state index contributed by atoms with van der Waals surface area (Å²) in [7, 11) is -2.20. The second kappa shape index (κ2) is 12.1. The summed E-state index contributed by atoms with van der Waals surface area (Å²) in [6.07, 6.45) is 1.46. The minimum Gasteiger partial charge on any atom is -0.497 e. The van der Waals surface area contributed by atoms with E-state index in [2.05, 4.69) is 5.32 Å². The number of hydrogen-bond donors (Lipinski definition) is 1. The summed E-state index contributed by atoms with van der Waals surface area (Å²) in [6.45, 7) is 8.94. The third-order valence-electron chi connectivity index (χ3n) is 5.64. The summed E-state index contributed by atoms with van der Waals surface area (Å²) in [5, 5.41) is 2.88. The van der Waals surface area contributed by atoms with E-state index in [4.69, 9.17) is 4.74 Å². The molecule has 0 bridgehead atoms. The van der Waals surface area contributed by atoms with E-state index in [0.29, 0.717) is 17.9 Å². The minimum absolute atomic E-state index is 0.100. The molecule has 2 aromatic carbocycles. The number of carbonyl (C=O) groups excluding carboxylic acids is 2. The molecule has 0 fully saturated rings. The number of rotatable bonds is 11. The maximum Gasteiger partial charge on any atom is 0.244 e. The first-order valence-corrected chi connectivity index (χ1v) is 13.5. The lowest BCUT2D eigenvalue weighted by atomic mass is 10.1. The number of amides is 2. The standard InChI is InChI=1S/C26H37N3O5S/c1-8-23(26(31)27-18(2)3)28(16-21-11-13-22(34-6)14-12-21)25(30)17-29(35(7,32)33)24-15-19(4)9-10-20(24)5/h9-15,18,23H,8,16-17H2,1-7H3,(H,27,31). The second-order valence-corrected chi connectivity index (χ2v) is 10.9. The van der Waals surface area contributed by atoms with Crippen molar-refractivity contribution in [2.24, 2.45) is 0 Å². The Morgan fingerprint density at radius 1 is 1.06 bits per heavy atom. The minimum atomic E-state index is -3.77. The highest BCUT2D eigenvalue weighted by atomic mass is 32.2. The van der Waals surface area contributed by atoms with Crippen molar-refractivity contribution >= 4 is 27.5 Å². The smallest absolute Gasteiger partial charge is 0.244 e. The number of carbonyl (C=O) groups is 2. The Labute approximate surface area is 209 Å². The molecule has 35 heavy (non-hydrogen) atoms. The summed E-state index contributed by atoms with van der Waals surface area (Å²) in [5.74, 6) is -0.0608. The van der Waals surface area contributed by atoms with Crippen molar-refractivity contribution < 1.29 is 22.7 Å². The molecule has 2 aromatic rings. The Hall–Kier alpha value is -3.07. The molecule has 0 spiro atoms. The van der Waals surface area contributed by atoms with Crippen molar-refractivity contribution in [3.63, 3.8) is 0 Å². The monoisotopic (exact) mass is 503 g/mol. The van der Waals surface area contributed by atoms with Gasteiger partial charge in [0.25, 0.3) is 0 Å². The first-order chi connectivity index (χ1) is 16.4. The largest absolute Gasteiger partial charge is 0.497 e. The van der Waals surface area contributed by atoms with Crippen LogP contribution in [0.2, 0.25) is 0 Å². The first kappa shape index (κ1) is 28.2. The van der Waals surface area contributed by atoms with Crippen molar-refractivity contribution in [2.45, 2.75) is 59.7 Å². The van der Waals surface area contributed by atoms with Crippen LogP contribution in [0.5, 0.6) is 5.75 Å². The van der Waals surface area contributed by atoms with Gasteiger partial charge in [0.05, 0.1) is 19.1 Å². The van der Waals surface area contributed by atoms with E-state index < -0.39 is 28.5 Å². The molecule has 0 saturated carbocycles. The molecular weight excluding hydrogens is 466 g/mol. The predicted octanol–water partition coefficient (Wildman–Crippen LogP) is 3.41. The molecule has 0 heterocycles. The van der Waals surface area contributed by atoms with Crippen molar-refractivity contribution in [2.75, 3.05) is 24.2 Å². The molecule has 1 N–H and O–H groups in total. The normalized spacial score (nSPS) is 12.2. The molecule has 0 aromatic heterocycles. The fourth-order valence-corrected chi connectivity index (χ4v) is 4.71. The van der Waals surface area contributed by atoms with Crippen LogP contribution in [0.15, 0.2) is 42.5 Å². The van der Waals surface area contributed by atoms with Gasteiger partial charge in [-0.25, -0.2) is 8.42 Å². The van der Waals surface area contributed by atoms with Gasteiger partial charge in [-0.3, -0.25) is 13.9 Å². The summed E-state index contributed by atoms with van der Waals surface area (Å²) in [6, 6.07) is 11.8. The molecule has 8 nitrogen and oxygen atoms in total. The lowest BCUT2D eigenvalue weighted by Crippen LogP contribution is -2.53. The number of hydrogen-bond acceptors (Lipinski definition) is 5. The number of methoxy groups -OCH3 is 1. The topological polar surface area (TPSA) is 96.0 Å². The van der Waals surface area contributed by atoms with Crippen LogP contribution in [-0.4, -0.2) is 57.1 Å². The Balaban J connectivity index is 2.48. The van der Waals surface area contributed by atoms with E-state index in [0.717, 1.165) is 27.3 Å². The van der Waals surface area contributed by atoms with Crippen LogP contribution >= 0.6 is 0 Å². The Morgan fingerprint density at radius 3 is 2.20 bits per heavy atom. The lowest BCUT2D eigenvalue weighted by molar-refractivity contribution is -0.140. The third-order valence-corrected chi connectivity index (χ3v) is 6.77. The van der Waals surface area contributed by atoms with Crippen molar-refractivity contribution in [1.29, 1.82) is 0 Å². The molecule has 1 atom stereocenters. The third kappa shape index (κ3) is 7.71. The first-order valence-electron chi connectivity index (χ1n) is 11.6. The van der Waals surface area contributed by atoms with Gasteiger partial charge in [0.2, 0.25) is 21.8 Å². The van der Waals surface area contributed by atoms with Gasteiger partial charge in [-0.2, -0.15) is 0 Å². The number of nitrogens with zero attached hydrogens (tertiary/aromatic N) is 2. The Bertz CT molecular complexity index is 1130. The van der Waals surface area contributed by atoms with Gasteiger partial charge in [0, 0.05) is 12.6 Å². The molecule has 0 aliphatic rings. The lowest BCUT2D eigenvalue weighted by Gasteiger charge is -2.33. The zero-order chi connectivity index (χ0) is 26.3.